The van der Waals surface area contributed by atoms with Crippen molar-refractivity contribution in [2.45, 2.75) is 32.2 Å². The van der Waals surface area contributed by atoms with Crippen LogP contribution >= 0.6 is 0 Å². The van der Waals surface area contributed by atoms with Gasteiger partial charge in [-0.1, -0.05) is 0 Å². The Morgan fingerprint density at radius 3 is 2.52 bits per heavy atom. The van der Waals surface area contributed by atoms with Crippen LogP contribution in [0.3, 0.4) is 0 Å². The summed E-state index contributed by atoms with van der Waals surface area (Å²) in [5.41, 5.74) is -0.458. The molecule has 0 aromatic heterocycles. The predicted octanol–water partition coefficient (Wildman–Crippen LogP) is 2.26. The Labute approximate surface area is 136 Å². The van der Waals surface area contributed by atoms with Crippen LogP contribution in [-0.2, 0) is 9.53 Å². The molecule has 0 N–H and O–H groups in total. The molecule has 1 saturated heterocycles. The molecule has 0 saturated carbocycles. The Morgan fingerprint density at radius 2 is 1.91 bits per heavy atom. The number of benzene rings is 1. The average Bonchev–Trinajstić information content (AvgIpc) is 2.96. The minimum Gasteiger partial charge on any atom is -0.493 e. The van der Waals surface area contributed by atoms with Gasteiger partial charge in [0, 0.05) is 12.1 Å². The topological polar surface area (TPSA) is 65.1 Å². The van der Waals surface area contributed by atoms with Gasteiger partial charge >= 0.3 is 5.97 Å². The van der Waals surface area contributed by atoms with Gasteiger partial charge in [-0.2, -0.15) is 0 Å². The minimum atomic E-state index is -0.916. The fourth-order valence-corrected chi connectivity index (χ4v) is 2.91. The highest BCUT2D eigenvalue weighted by molar-refractivity contribution is 5.99. The van der Waals surface area contributed by atoms with E-state index in [1.807, 2.05) is 0 Å². The van der Waals surface area contributed by atoms with E-state index < -0.39 is 5.54 Å². The molecule has 1 fully saturated rings. The number of hydrogen-bond acceptors (Lipinski definition) is 5. The lowest BCUT2D eigenvalue weighted by molar-refractivity contribution is -0.153. The lowest BCUT2D eigenvalue weighted by Crippen LogP contribution is -2.51. The molecule has 6 heteroatoms. The number of rotatable bonds is 5. The molecule has 2 rings (SSSR count). The SMILES string of the molecule is CCOC(=O)C1(C)CCCN1C(=O)c1ccc(OC)c(OC)c1. The van der Waals surface area contributed by atoms with E-state index in [0.29, 0.717) is 36.6 Å². The largest absolute Gasteiger partial charge is 0.493 e. The van der Waals surface area contributed by atoms with Gasteiger partial charge in [-0.3, -0.25) is 4.79 Å². The molecule has 1 atom stereocenters. The van der Waals surface area contributed by atoms with Crippen LogP contribution in [0.5, 0.6) is 11.5 Å². The maximum Gasteiger partial charge on any atom is 0.331 e. The van der Waals surface area contributed by atoms with Crippen molar-refractivity contribution in [2.24, 2.45) is 0 Å². The van der Waals surface area contributed by atoms with Crippen molar-refractivity contribution in [2.75, 3.05) is 27.4 Å². The van der Waals surface area contributed by atoms with E-state index >= 15 is 0 Å². The van der Waals surface area contributed by atoms with E-state index in [4.69, 9.17) is 14.2 Å². The van der Waals surface area contributed by atoms with Crippen LogP contribution in [0, 0.1) is 0 Å². The van der Waals surface area contributed by atoms with Crippen molar-refractivity contribution >= 4 is 11.9 Å². The first-order chi connectivity index (χ1) is 11.0. The van der Waals surface area contributed by atoms with E-state index in [2.05, 4.69) is 0 Å². The molecule has 23 heavy (non-hydrogen) atoms. The number of carbonyl (C=O) groups is 2. The number of amides is 1. The second kappa shape index (κ2) is 6.89. The molecule has 0 bridgehead atoms. The van der Waals surface area contributed by atoms with Crippen molar-refractivity contribution in [3.8, 4) is 11.5 Å². The number of carbonyl (C=O) groups excluding carboxylic acids is 2. The first kappa shape index (κ1) is 17.1. The molecule has 0 spiro atoms. The second-order valence-electron chi connectivity index (χ2n) is 5.62. The van der Waals surface area contributed by atoms with Crippen LogP contribution in [0.25, 0.3) is 0 Å². The molecule has 0 aliphatic carbocycles. The van der Waals surface area contributed by atoms with Crippen molar-refractivity contribution in [3.63, 3.8) is 0 Å². The summed E-state index contributed by atoms with van der Waals surface area (Å²) in [6.07, 6.45) is 1.37. The van der Waals surface area contributed by atoms with Crippen LogP contribution in [0.1, 0.15) is 37.0 Å². The summed E-state index contributed by atoms with van der Waals surface area (Å²) in [7, 11) is 3.06. The quantitative estimate of drug-likeness (QED) is 0.778. The zero-order valence-electron chi connectivity index (χ0n) is 14.0. The highest BCUT2D eigenvalue weighted by Gasteiger charge is 2.47. The van der Waals surface area contributed by atoms with Gasteiger partial charge in [-0.15, -0.1) is 0 Å². The van der Waals surface area contributed by atoms with Gasteiger partial charge in [0.25, 0.3) is 5.91 Å². The zero-order chi connectivity index (χ0) is 17.0. The van der Waals surface area contributed by atoms with Crippen LogP contribution in [0.4, 0.5) is 0 Å². The molecule has 1 aromatic carbocycles. The van der Waals surface area contributed by atoms with Gasteiger partial charge < -0.3 is 19.1 Å². The summed E-state index contributed by atoms with van der Waals surface area (Å²) in [6.45, 7) is 4.35. The van der Waals surface area contributed by atoms with Crippen molar-refractivity contribution < 1.29 is 23.8 Å². The van der Waals surface area contributed by atoms with Gasteiger partial charge in [0.05, 0.1) is 20.8 Å². The summed E-state index contributed by atoms with van der Waals surface area (Å²) in [5, 5.41) is 0. The highest BCUT2D eigenvalue weighted by Crippen LogP contribution is 2.34. The third-order valence-corrected chi connectivity index (χ3v) is 4.23. The van der Waals surface area contributed by atoms with Gasteiger partial charge in [0.15, 0.2) is 11.5 Å². The molecule has 6 nitrogen and oxygen atoms in total. The lowest BCUT2D eigenvalue weighted by Gasteiger charge is -2.33. The highest BCUT2D eigenvalue weighted by atomic mass is 16.5. The molecule has 0 radical (unpaired) electrons. The third kappa shape index (κ3) is 3.11. The van der Waals surface area contributed by atoms with Gasteiger partial charge in [-0.25, -0.2) is 4.79 Å². The summed E-state index contributed by atoms with van der Waals surface area (Å²) in [6, 6.07) is 4.99. The fraction of sp³-hybridized carbons (Fsp3) is 0.529. The molecule has 126 valence electrons. The number of likely N-dealkylation sites (tertiary alicyclic amines) is 1. The van der Waals surface area contributed by atoms with E-state index in [1.54, 1.807) is 36.9 Å². The van der Waals surface area contributed by atoms with Crippen LogP contribution < -0.4 is 9.47 Å². The standard InChI is InChI=1S/C17H23NO5/c1-5-23-16(20)17(2)9-6-10-18(17)15(19)12-7-8-13(21-3)14(11-12)22-4/h7-8,11H,5-6,9-10H2,1-4H3. The van der Waals surface area contributed by atoms with E-state index in [0.717, 1.165) is 6.42 Å². The van der Waals surface area contributed by atoms with Crippen LogP contribution in [0.15, 0.2) is 18.2 Å². The molecule has 1 unspecified atom stereocenters. The fourth-order valence-electron chi connectivity index (χ4n) is 2.91. The summed E-state index contributed by atoms with van der Waals surface area (Å²) >= 11 is 0. The summed E-state index contributed by atoms with van der Waals surface area (Å²) < 4.78 is 15.6. The molecule has 1 amide bonds. The summed E-state index contributed by atoms with van der Waals surface area (Å²) in [5.74, 6) is 0.472. The number of methoxy groups -OCH3 is 2. The lowest BCUT2D eigenvalue weighted by atomic mass is 9.98. The zero-order valence-corrected chi connectivity index (χ0v) is 14.0. The normalized spacial score (nSPS) is 20.3. The van der Waals surface area contributed by atoms with E-state index in [-0.39, 0.29) is 11.9 Å². The maximum absolute atomic E-state index is 12.9. The monoisotopic (exact) mass is 321 g/mol. The predicted molar refractivity (Wildman–Crippen MR) is 84.9 cm³/mol. The van der Waals surface area contributed by atoms with Gasteiger partial charge in [-0.05, 0) is 44.9 Å². The average molecular weight is 321 g/mol. The second-order valence-corrected chi connectivity index (χ2v) is 5.62. The Morgan fingerprint density at radius 1 is 1.22 bits per heavy atom. The van der Waals surface area contributed by atoms with Crippen molar-refractivity contribution in [1.82, 2.24) is 4.90 Å². The minimum absolute atomic E-state index is 0.209. The van der Waals surface area contributed by atoms with E-state index in [9.17, 15) is 9.59 Å². The first-order valence-corrected chi connectivity index (χ1v) is 7.69. The first-order valence-electron chi connectivity index (χ1n) is 7.69. The number of nitrogens with zero attached hydrogens (tertiary/aromatic N) is 1. The molecule has 1 aliphatic rings. The van der Waals surface area contributed by atoms with Gasteiger partial charge in [0.1, 0.15) is 5.54 Å². The van der Waals surface area contributed by atoms with Crippen LogP contribution in [-0.4, -0.2) is 49.7 Å². The Bertz CT molecular complexity index is 601. The van der Waals surface area contributed by atoms with Crippen LogP contribution in [0.2, 0.25) is 0 Å². The number of esters is 1. The molecular weight excluding hydrogens is 298 g/mol. The van der Waals surface area contributed by atoms with Crippen molar-refractivity contribution in [1.29, 1.82) is 0 Å². The summed E-state index contributed by atoms with van der Waals surface area (Å²) in [4.78, 5) is 26.7. The van der Waals surface area contributed by atoms with Gasteiger partial charge in [0.2, 0.25) is 0 Å². The molecule has 1 aromatic rings. The smallest absolute Gasteiger partial charge is 0.331 e. The molecule has 1 aliphatic heterocycles. The third-order valence-electron chi connectivity index (χ3n) is 4.23. The maximum atomic E-state index is 12.9. The number of hydrogen-bond donors (Lipinski definition) is 0. The number of ether oxygens (including phenoxy) is 3. The Balaban J connectivity index is 2.30. The Hall–Kier alpha value is -2.24. The molecule has 1 heterocycles. The molecular formula is C17H23NO5. The van der Waals surface area contributed by atoms with Crippen molar-refractivity contribution in [3.05, 3.63) is 23.8 Å². The Kier molecular flexibility index (Phi) is 5.13. The van der Waals surface area contributed by atoms with E-state index in [1.165, 1.54) is 14.2 Å².